The Morgan fingerprint density at radius 2 is 1.79 bits per heavy atom. The van der Waals surface area contributed by atoms with Gasteiger partial charge in [0, 0.05) is 52.7 Å². The molecule has 0 unspecified atom stereocenters. The quantitative estimate of drug-likeness (QED) is 0.798. The first-order chi connectivity index (χ1) is 13.5. The van der Waals surface area contributed by atoms with Crippen molar-refractivity contribution >= 4 is 28.3 Å². The average Bonchev–Trinajstić information content (AvgIpc) is 2.73. The van der Waals surface area contributed by atoms with E-state index in [9.17, 15) is 13.8 Å². The van der Waals surface area contributed by atoms with E-state index in [0.29, 0.717) is 47.3 Å². The molecule has 148 valence electrons. The molecule has 3 rings (SSSR count). The summed E-state index contributed by atoms with van der Waals surface area (Å²) in [6.07, 6.45) is 0. The van der Waals surface area contributed by atoms with Crippen molar-refractivity contribution < 1.29 is 23.3 Å². The van der Waals surface area contributed by atoms with Gasteiger partial charge in [0.25, 0.3) is 11.8 Å². The zero-order chi connectivity index (χ0) is 19.9. The summed E-state index contributed by atoms with van der Waals surface area (Å²) >= 11 is 0. The molecule has 0 bridgehead atoms. The lowest BCUT2D eigenvalue weighted by Crippen LogP contribution is -2.41. The minimum absolute atomic E-state index is 0.0842. The number of hydrogen-bond donors (Lipinski definition) is 1. The number of nitrogens with zero attached hydrogens (tertiary/aromatic N) is 1. The van der Waals surface area contributed by atoms with Gasteiger partial charge >= 0.3 is 0 Å². The van der Waals surface area contributed by atoms with Gasteiger partial charge in [-0.25, -0.2) is 0 Å². The Morgan fingerprint density at radius 3 is 2.46 bits per heavy atom. The van der Waals surface area contributed by atoms with Crippen molar-refractivity contribution in [1.82, 2.24) is 4.90 Å². The maximum absolute atomic E-state index is 12.5. The first kappa shape index (κ1) is 19.9. The summed E-state index contributed by atoms with van der Waals surface area (Å²) in [5.41, 5.74) is 1.16. The Balaban J connectivity index is 1.50. The fourth-order valence-corrected chi connectivity index (χ4v) is 3.82. The van der Waals surface area contributed by atoms with Crippen molar-refractivity contribution in [2.24, 2.45) is 0 Å². The molecule has 1 aliphatic rings. The highest BCUT2D eigenvalue weighted by Crippen LogP contribution is 2.17. The van der Waals surface area contributed by atoms with Crippen molar-refractivity contribution in [2.75, 3.05) is 43.6 Å². The Labute approximate surface area is 166 Å². The molecule has 1 aliphatic heterocycles. The highest BCUT2D eigenvalue weighted by molar-refractivity contribution is 7.85. The second kappa shape index (κ2) is 9.36. The van der Waals surface area contributed by atoms with Crippen LogP contribution in [0, 0.1) is 0 Å². The smallest absolute Gasteiger partial charge is 0.262 e. The van der Waals surface area contributed by atoms with E-state index in [1.54, 1.807) is 60.5 Å². The van der Waals surface area contributed by atoms with E-state index < -0.39 is 10.8 Å². The third-order valence-corrected chi connectivity index (χ3v) is 5.57. The van der Waals surface area contributed by atoms with Gasteiger partial charge in [-0.15, -0.1) is 0 Å². The number of ether oxygens (including phenoxy) is 2. The van der Waals surface area contributed by atoms with Crippen molar-refractivity contribution in [3.05, 3.63) is 54.1 Å². The van der Waals surface area contributed by atoms with E-state index >= 15 is 0 Å². The van der Waals surface area contributed by atoms with Crippen LogP contribution in [-0.2, 0) is 15.6 Å². The van der Waals surface area contributed by atoms with Crippen molar-refractivity contribution in [1.29, 1.82) is 0 Å². The second-order valence-electron chi connectivity index (χ2n) is 6.23. The summed E-state index contributed by atoms with van der Waals surface area (Å²) in [4.78, 5) is 26.2. The number of carbonyl (C=O) groups is 2. The highest BCUT2D eigenvalue weighted by atomic mass is 32.2. The minimum Gasteiger partial charge on any atom is -0.497 e. The maximum atomic E-state index is 12.5. The summed E-state index contributed by atoms with van der Waals surface area (Å²) in [6.45, 7) is 0.866. The van der Waals surface area contributed by atoms with Crippen LogP contribution in [0.3, 0.4) is 0 Å². The normalized spacial score (nSPS) is 14.4. The van der Waals surface area contributed by atoms with Gasteiger partial charge in [-0.3, -0.25) is 13.8 Å². The molecule has 8 heteroatoms. The summed E-state index contributed by atoms with van der Waals surface area (Å²) < 4.78 is 22.0. The van der Waals surface area contributed by atoms with Crippen LogP contribution in [0.4, 0.5) is 5.69 Å². The average molecular weight is 402 g/mol. The summed E-state index contributed by atoms with van der Waals surface area (Å²) in [5.74, 6) is 1.81. The number of anilines is 1. The number of hydrogen-bond acceptors (Lipinski definition) is 5. The molecule has 0 spiro atoms. The van der Waals surface area contributed by atoms with Crippen LogP contribution < -0.4 is 14.8 Å². The van der Waals surface area contributed by atoms with Gasteiger partial charge in [0.15, 0.2) is 6.61 Å². The van der Waals surface area contributed by atoms with E-state index in [1.165, 1.54) is 0 Å². The lowest BCUT2D eigenvalue weighted by Gasteiger charge is -2.26. The molecule has 0 saturated carbocycles. The van der Waals surface area contributed by atoms with Gasteiger partial charge in [-0.2, -0.15) is 0 Å². The Hall–Kier alpha value is -2.87. The summed E-state index contributed by atoms with van der Waals surface area (Å²) in [7, 11) is 0.740. The predicted molar refractivity (Wildman–Crippen MR) is 107 cm³/mol. The van der Waals surface area contributed by atoms with Crippen LogP contribution in [0.2, 0.25) is 0 Å². The second-order valence-corrected chi connectivity index (χ2v) is 7.93. The number of methoxy groups -OCH3 is 1. The van der Waals surface area contributed by atoms with Crippen LogP contribution in [0.1, 0.15) is 10.4 Å². The van der Waals surface area contributed by atoms with Crippen LogP contribution in [0.25, 0.3) is 0 Å². The Bertz CT molecular complexity index is 859. The fourth-order valence-electron chi connectivity index (χ4n) is 2.76. The Morgan fingerprint density at radius 1 is 1.07 bits per heavy atom. The number of nitrogens with one attached hydrogen (secondary N) is 1. The SMILES string of the molecule is COc1cccc(NC(=O)COc2ccc(C(=O)N3CCS(=O)CC3)cc2)c1. The standard InChI is InChI=1S/C20H22N2O5S/c1-26-18-4-2-3-16(13-18)21-19(23)14-27-17-7-5-15(6-8-17)20(24)22-9-11-28(25)12-10-22/h2-8,13H,9-12,14H2,1H3,(H,21,23). The van der Waals surface area contributed by atoms with E-state index in [-0.39, 0.29) is 18.4 Å². The largest absolute Gasteiger partial charge is 0.497 e. The predicted octanol–water partition coefficient (Wildman–Crippen LogP) is 1.92. The first-order valence-electron chi connectivity index (χ1n) is 8.86. The summed E-state index contributed by atoms with van der Waals surface area (Å²) in [5, 5.41) is 2.73. The molecule has 2 amide bonds. The molecule has 7 nitrogen and oxygen atoms in total. The maximum Gasteiger partial charge on any atom is 0.262 e. The molecule has 0 atom stereocenters. The van der Waals surface area contributed by atoms with Gasteiger partial charge in [-0.1, -0.05) is 6.07 Å². The molecule has 2 aromatic rings. The zero-order valence-corrected chi connectivity index (χ0v) is 16.4. The topological polar surface area (TPSA) is 84.9 Å². The van der Waals surface area contributed by atoms with Gasteiger partial charge < -0.3 is 19.7 Å². The van der Waals surface area contributed by atoms with Crippen LogP contribution in [0.15, 0.2) is 48.5 Å². The van der Waals surface area contributed by atoms with Gasteiger partial charge in [0.05, 0.1) is 7.11 Å². The van der Waals surface area contributed by atoms with E-state index in [1.807, 2.05) is 0 Å². The van der Waals surface area contributed by atoms with Gasteiger partial charge in [0.1, 0.15) is 11.5 Å². The van der Waals surface area contributed by atoms with Gasteiger partial charge in [0.2, 0.25) is 0 Å². The third kappa shape index (κ3) is 5.32. The number of rotatable bonds is 6. The zero-order valence-electron chi connectivity index (χ0n) is 15.6. The summed E-state index contributed by atoms with van der Waals surface area (Å²) in [6, 6.07) is 13.7. The molecule has 28 heavy (non-hydrogen) atoms. The molecule has 1 N–H and O–H groups in total. The van der Waals surface area contributed by atoms with Crippen molar-refractivity contribution in [3.63, 3.8) is 0 Å². The molecule has 1 heterocycles. The van der Waals surface area contributed by atoms with E-state index in [0.717, 1.165) is 0 Å². The molecule has 1 saturated heterocycles. The fraction of sp³-hybridized carbons (Fsp3) is 0.300. The minimum atomic E-state index is -0.820. The van der Waals surface area contributed by atoms with Gasteiger partial charge in [-0.05, 0) is 36.4 Å². The molecular weight excluding hydrogens is 380 g/mol. The highest BCUT2D eigenvalue weighted by Gasteiger charge is 2.21. The first-order valence-corrected chi connectivity index (χ1v) is 10.3. The molecule has 0 aliphatic carbocycles. The molecule has 0 aromatic heterocycles. The molecule has 0 radical (unpaired) electrons. The number of amides is 2. The third-order valence-electron chi connectivity index (χ3n) is 4.29. The van der Waals surface area contributed by atoms with E-state index in [2.05, 4.69) is 5.32 Å². The molecular formula is C20H22N2O5S. The molecule has 1 fully saturated rings. The lowest BCUT2D eigenvalue weighted by atomic mass is 10.2. The van der Waals surface area contributed by atoms with Crippen LogP contribution in [0.5, 0.6) is 11.5 Å². The van der Waals surface area contributed by atoms with Crippen LogP contribution in [-0.4, -0.2) is 59.2 Å². The lowest BCUT2D eigenvalue weighted by molar-refractivity contribution is -0.118. The van der Waals surface area contributed by atoms with Crippen molar-refractivity contribution in [3.8, 4) is 11.5 Å². The Kier molecular flexibility index (Phi) is 6.65. The van der Waals surface area contributed by atoms with E-state index in [4.69, 9.17) is 9.47 Å². The number of carbonyl (C=O) groups excluding carboxylic acids is 2. The van der Waals surface area contributed by atoms with Crippen molar-refractivity contribution in [2.45, 2.75) is 0 Å². The number of benzene rings is 2. The molecule has 2 aromatic carbocycles. The monoisotopic (exact) mass is 402 g/mol. The van der Waals surface area contributed by atoms with Crippen LogP contribution >= 0.6 is 0 Å².